The van der Waals surface area contributed by atoms with Gasteiger partial charge in [0.05, 0.1) is 10.7 Å². The van der Waals surface area contributed by atoms with Crippen molar-refractivity contribution >= 4 is 17.3 Å². The summed E-state index contributed by atoms with van der Waals surface area (Å²) in [6.07, 6.45) is 0.648. The molecule has 1 heterocycles. The average Bonchev–Trinajstić information content (AvgIpc) is 2.60. The minimum absolute atomic E-state index is 0.137. The van der Waals surface area contributed by atoms with Gasteiger partial charge in [-0.05, 0) is 6.42 Å². The number of hydrogen-bond donors (Lipinski definition) is 2. The molecule has 0 radical (unpaired) electrons. The fourth-order valence-corrected chi connectivity index (χ4v) is 2.15. The van der Waals surface area contributed by atoms with Gasteiger partial charge in [0.2, 0.25) is 0 Å². The molecular formula is C9H14N2O2S. The van der Waals surface area contributed by atoms with Gasteiger partial charge in [-0.1, -0.05) is 13.8 Å². The molecule has 14 heavy (non-hydrogen) atoms. The third-order valence-electron chi connectivity index (χ3n) is 2.02. The molecule has 0 fully saturated rings. The van der Waals surface area contributed by atoms with Gasteiger partial charge in [0.25, 0.3) is 0 Å². The van der Waals surface area contributed by atoms with Crippen LogP contribution in [0.15, 0.2) is 0 Å². The van der Waals surface area contributed by atoms with Crippen LogP contribution in [-0.2, 0) is 6.42 Å². The molecule has 5 heteroatoms. The lowest BCUT2D eigenvalue weighted by Gasteiger charge is -2.01. The summed E-state index contributed by atoms with van der Waals surface area (Å²) >= 11 is 1.23. The van der Waals surface area contributed by atoms with Gasteiger partial charge in [-0.3, -0.25) is 0 Å². The number of hydrogen-bond acceptors (Lipinski definition) is 4. The second-order valence-corrected chi connectivity index (χ2v) is 4.15. The fourth-order valence-electron chi connectivity index (χ4n) is 1.09. The van der Waals surface area contributed by atoms with E-state index in [9.17, 15) is 4.79 Å². The second-order valence-electron chi connectivity index (χ2n) is 3.12. The molecule has 0 aliphatic heterocycles. The van der Waals surface area contributed by atoms with Crippen LogP contribution < -0.4 is 5.73 Å². The van der Waals surface area contributed by atoms with Crippen LogP contribution in [0.1, 0.15) is 40.1 Å². The number of thiazole rings is 1. The number of carboxylic acids is 1. The number of carboxylic acid groups (broad SMARTS) is 1. The van der Waals surface area contributed by atoms with E-state index < -0.39 is 5.97 Å². The van der Waals surface area contributed by atoms with Crippen LogP contribution in [0.3, 0.4) is 0 Å². The molecular weight excluding hydrogens is 200 g/mol. The summed E-state index contributed by atoms with van der Waals surface area (Å²) in [6.45, 7) is 4.35. The molecule has 0 aliphatic rings. The lowest BCUT2D eigenvalue weighted by atomic mass is 10.2. The molecule has 1 atom stereocenters. The predicted molar refractivity (Wildman–Crippen MR) is 55.9 cm³/mol. The number of rotatable bonds is 4. The van der Waals surface area contributed by atoms with E-state index in [4.69, 9.17) is 10.8 Å². The van der Waals surface area contributed by atoms with Crippen LogP contribution >= 0.6 is 11.3 Å². The Morgan fingerprint density at radius 3 is 2.71 bits per heavy atom. The van der Waals surface area contributed by atoms with Crippen molar-refractivity contribution in [2.24, 2.45) is 5.73 Å². The van der Waals surface area contributed by atoms with Crippen LogP contribution in [0.2, 0.25) is 0 Å². The molecule has 78 valence electrons. The third kappa shape index (κ3) is 2.10. The molecule has 0 amide bonds. The largest absolute Gasteiger partial charge is 0.477 e. The van der Waals surface area contributed by atoms with Crippen molar-refractivity contribution < 1.29 is 9.90 Å². The smallest absolute Gasteiger partial charge is 0.347 e. The van der Waals surface area contributed by atoms with Gasteiger partial charge in [-0.15, -0.1) is 11.3 Å². The van der Waals surface area contributed by atoms with Crippen molar-refractivity contribution in [3.8, 4) is 0 Å². The van der Waals surface area contributed by atoms with Gasteiger partial charge < -0.3 is 10.8 Å². The van der Waals surface area contributed by atoms with Crippen LogP contribution in [-0.4, -0.2) is 22.6 Å². The Labute approximate surface area is 86.8 Å². The van der Waals surface area contributed by atoms with Crippen molar-refractivity contribution in [1.29, 1.82) is 0 Å². The minimum Gasteiger partial charge on any atom is -0.477 e. The van der Waals surface area contributed by atoms with E-state index in [1.165, 1.54) is 11.3 Å². The highest BCUT2D eigenvalue weighted by Crippen LogP contribution is 2.24. The van der Waals surface area contributed by atoms with Crippen LogP contribution in [0.5, 0.6) is 0 Å². The lowest BCUT2D eigenvalue weighted by molar-refractivity contribution is 0.0701. The lowest BCUT2D eigenvalue weighted by Crippen LogP contribution is -2.08. The Kier molecular flexibility index (Phi) is 3.60. The van der Waals surface area contributed by atoms with E-state index >= 15 is 0 Å². The standard InChI is InChI=1S/C9H14N2O2S/c1-3-6-7(9(12)13)14-8(11-6)5(2)4-10/h5H,3-4,10H2,1-2H3,(H,12,13). The number of carbonyl (C=O) groups is 1. The number of aromatic nitrogens is 1. The zero-order chi connectivity index (χ0) is 10.7. The van der Waals surface area contributed by atoms with E-state index in [1.807, 2.05) is 13.8 Å². The number of nitrogens with zero attached hydrogens (tertiary/aromatic N) is 1. The maximum Gasteiger partial charge on any atom is 0.347 e. The number of aromatic carboxylic acids is 1. The molecule has 0 saturated carbocycles. The Bertz CT molecular complexity index is 336. The first kappa shape index (κ1) is 11.1. The zero-order valence-electron chi connectivity index (χ0n) is 8.28. The van der Waals surface area contributed by atoms with Crippen LogP contribution in [0.4, 0.5) is 0 Å². The minimum atomic E-state index is -0.894. The highest BCUT2D eigenvalue weighted by atomic mass is 32.1. The Morgan fingerprint density at radius 2 is 2.36 bits per heavy atom. The van der Waals surface area contributed by atoms with E-state index in [2.05, 4.69) is 4.98 Å². The summed E-state index contributed by atoms with van der Waals surface area (Å²) in [6, 6.07) is 0. The highest BCUT2D eigenvalue weighted by molar-refractivity contribution is 7.13. The summed E-state index contributed by atoms with van der Waals surface area (Å²) in [4.78, 5) is 15.5. The van der Waals surface area contributed by atoms with Gasteiger partial charge in [-0.25, -0.2) is 9.78 Å². The molecule has 4 nitrogen and oxygen atoms in total. The fraction of sp³-hybridized carbons (Fsp3) is 0.556. The topological polar surface area (TPSA) is 76.2 Å². The SMILES string of the molecule is CCc1nc(C(C)CN)sc1C(=O)O. The molecule has 0 aromatic carbocycles. The normalized spacial score (nSPS) is 12.8. The van der Waals surface area contributed by atoms with Crippen molar-refractivity contribution in [2.45, 2.75) is 26.2 Å². The van der Waals surface area contributed by atoms with E-state index in [1.54, 1.807) is 0 Å². The monoisotopic (exact) mass is 214 g/mol. The summed E-state index contributed by atoms with van der Waals surface area (Å²) in [5.74, 6) is -0.756. The molecule has 0 saturated heterocycles. The van der Waals surface area contributed by atoms with Crippen molar-refractivity contribution in [1.82, 2.24) is 4.98 Å². The van der Waals surface area contributed by atoms with Crippen LogP contribution in [0.25, 0.3) is 0 Å². The summed E-state index contributed by atoms with van der Waals surface area (Å²) in [7, 11) is 0. The Hall–Kier alpha value is -0.940. The maximum absolute atomic E-state index is 10.8. The van der Waals surface area contributed by atoms with Crippen molar-refractivity contribution in [2.75, 3.05) is 6.54 Å². The van der Waals surface area contributed by atoms with Crippen LogP contribution in [0, 0.1) is 0 Å². The van der Waals surface area contributed by atoms with E-state index in [0.717, 1.165) is 5.01 Å². The van der Waals surface area contributed by atoms with Crippen molar-refractivity contribution in [3.63, 3.8) is 0 Å². The van der Waals surface area contributed by atoms with Gasteiger partial charge in [0, 0.05) is 12.5 Å². The van der Waals surface area contributed by atoms with Gasteiger partial charge in [0.15, 0.2) is 0 Å². The first-order valence-corrected chi connectivity index (χ1v) is 5.34. The quantitative estimate of drug-likeness (QED) is 0.795. The first-order valence-electron chi connectivity index (χ1n) is 4.53. The number of aryl methyl sites for hydroxylation is 1. The van der Waals surface area contributed by atoms with Gasteiger partial charge >= 0.3 is 5.97 Å². The molecule has 1 unspecified atom stereocenters. The molecule has 1 aromatic rings. The second kappa shape index (κ2) is 4.52. The zero-order valence-corrected chi connectivity index (χ0v) is 9.10. The van der Waals surface area contributed by atoms with E-state index in [-0.39, 0.29) is 5.92 Å². The molecule has 0 spiro atoms. The summed E-state index contributed by atoms with van der Waals surface area (Å²) < 4.78 is 0. The van der Waals surface area contributed by atoms with Crippen molar-refractivity contribution in [3.05, 3.63) is 15.6 Å². The summed E-state index contributed by atoms with van der Waals surface area (Å²) in [5, 5.41) is 9.72. The molecule has 1 rings (SSSR count). The first-order chi connectivity index (χ1) is 6.60. The maximum atomic E-state index is 10.8. The Morgan fingerprint density at radius 1 is 1.71 bits per heavy atom. The molecule has 3 N–H and O–H groups in total. The third-order valence-corrected chi connectivity index (χ3v) is 3.34. The number of nitrogens with two attached hydrogens (primary N) is 1. The van der Waals surface area contributed by atoms with E-state index in [0.29, 0.717) is 23.5 Å². The molecule has 0 aliphatic carbocycles. The predicted octanol–water partition coefficient (Wildman–Crippen LogP) is 1.47. The summed E-state index contributed by atoms with van der Waals surface area (Å²) in [5.41, 5.74) is 6.16. The molecule has 1 aromatic heterocycles. The molecule has 0 bridgehead atoms. The highest BCUT2D eigenvalue weighted by Gasteiger charge is 2.18. The van der Waals surface area contributed by atoms with Gasteiger partial charge in [0.1, 0.15) is 4.88 Å². The van der Waals surface area contributed by atoms with Gasteiger partial charge in [-0.2, -0.15) is 0 Å². The Balaban J connectivity index is 3.06. The average molecular weight is 214 g/mol.